The van der Waals surface area contributed by atoms with Crippen LogP contribution in [-0.4, -0.2) is 56.1 Å². The Kier molecular flexibility index (Phi) is 7.54. The summed E-state index contributed by atoms with van der Waals surface area (Å²) in [5.74, 6) is -0.846. The molecular weight excluding hydrogens is 385 g/mol. The van der Waals surface area contributed by atoms with E-state index >= 15 is 0 Å². The first-order chi connectivity index (χ1) is 14.4. The molecule has 2 aromatic rings. The van der Waals surface area contributed by atoms with Crippen LogP contribution >= 0.6 is 0 Å². The predicted molar refractivity (Wildman–Crippen MR) is 113 cm³/mol. The van der Waals surface area contributed by atoms with Gasteiger partial charge in [-0.3, -0.25) is 14.5 Å². The maximum absolute atomic E-state index is 13.3. The number of benzene rings is 2. The zero-order chi connectivity index (χ0) is 21.5. The van der Waals surface area contributed by atoms with E-state index in [0.29, 0.717) is 25.3 Å². The molecule has 3 rings (SSSR count). The summed E-state index contributed by atoms with van der Waals surface area (Å²) in [7, 11) is 0. The van der Waals surface area contributed by atoms with Gasteiger partial charge in [0.05, 0.1) is 25.8 Å². The van der Waals surface area contributed by atoms with Crippen molar-refractivity contribution in [1.29, 1.82) is 0 Å². The number of rotatable bonds is 7. The molecule has 30 heavy (non-hydrogen) atoms. The molecule has 1 aliphatic rings. The third-order valence-corrected chi connectivity index (χ3v) is 5.41. The molecule has 0 radical (unpaired) electrons. The van der Waals surface area contributed by atoms with E-state index in [1.165, 1.54) is 12.1 Å². The number of nitrogens with zero attached hydrogens (tertiary/aromatic N) is 1. The van der Waals surface area contributed by atoms with Crippen LogP contribution in [0.2, 0.25) is 0 Å². The molecule has 0 aromatic heterocycles. The van der Waals surface area contributed by atoms with Gasteiger partial charge in [-0.1, -0.05) is 18.2 Å². The predicted octanol–water partition coefficient (Wildman–Crippen LogP) is 2.36. The molecule has 2 aromatic carbocycles. The highest BCUT2D eigenvalue weighted by atomic mass is 19.1. The van der Waals surface area contributed by atoms with E-state index in [2.05, 4.69) is 15.5 Å². The van der Waals surface area contributed by atoms with Crippen LogP contribution in [0.25, 0.3) is 0 Å². The maximum Gasteiger partial charge on any atom is 0.251 e. The Morgan fingerprint density at radius 1 is 1.03 bits per heavy atom. The molecule has 1 atom stereocenters. The largest absolute Gasteiger partial charge is 0.379 e. The van der Waals surface area contributed by atoms with Crippen LogP contribution in [0.15, 0.2) is 42.5 Å². The van der Waals surface area contributed by atoms with Gasteiger partial charge < -0.3 is 15.4 Å². The average Bonchev–Trinajstić information content (AvgIpc) is 2.76. The molecule has 7 heteroatoms. The highest BCUT2D eigenvalue weighted by molar-refractivity contribution is 5.96. The molecule has 0 aliphatic carbocycles. The van der Waals surface area contributed by atoms with Crippen LogP contribution < -0.4 is 10.6 Å². The van der Waals surface area contributed by atoms with Crippen LogP contribution in [0.1, 0.15) is 33.1 Å². The molecule has 2 N–H and O–H groups in total. The van der Waals surface area contributed by atoms with Crippen molar-refractivity contribution in [2.45, 2.75) is 19.9 Å². The third kappa shape index (κ3) is 5.87. The van der Waals surface area contributed by atoms with Gasteiger partial charge in [0.1, 0.15) is 5.82 Å². The zero-order valence-corrected chi connectivity index (χ0v) is 17.4. The van der Waals surface area contributed by atoms with E-state index < -0.39 is 0 Å². The second-order valence-electron chi connectivity index (χ2n) is 7.50. The summed E-state index contributed by atoms with van der Waals surface area (Å²) in [6.45, 7) is 6.91. The van der Waals surface area contributed by atoms with Gasteiger partial charge >= 0.3 is 0 Å². The standard InChI is InChI=1S/C23H28FN3O3/c1-16-3-4-19(13-17(16)2)23(29)26-15-22(28)25-14-21(27-9-11-30-12-10-27)18-5-7-20(24)8-6-18/h3-8,13,21H,9-12,14-15H2,1-2H3,(H,25,28)(H,26,29). The number of hydrogen-bond acceptors (Lipinski definition) is 4. The molecule has 1 aliphatic heterocycles. The number of carbonyl (C=O) groups excluding carboxylic acids is 2. The van der Waals surface area contributed by atoms with Gasteiger partial charge in [-0.25, -0.2) is 4.39 Å². The number of hydrogen-bond donors (Lipinski definition) is 2. The lowest BCUT2D eigenvalue weighted by molar-refractivity contribution is -0.120. The Morgan fingerprint density at radius 3 is 2.40 bits per heavy atom. The molecule has 6 nitrogen and oxygen atoms in total. The van der Waals surface area contributed by atoms with Gasteiger partial charge in [0.2, 0.25) is 5.91 Å². The van der Waals surface area contributed by atoms with E-state index in [-0.39, 0.29) is 30.2 Å². The zero-order valence-electron chi connectivity index (χ0n) is 17.4. The number of aryl methyl sites for hydroxylation is 2. The summed E-state index contributed by atoms with van der Waals surface area (Å²) in [5.41, 5.74) is 3.60. The molecule has 160 valence electrons. The number of morpholine rings is 1. The van der Waals surface area contributed by atoms with E-state index in [0.717, 1.165) is 29.8 Å². The second-order valence-corrected chi connectivity index (χ2v) is 7.50. The minimum Gasteiger partial charge on any atom is -0.379 e. The SMILES string of the molecule is Cc1ccc(C(=O)NCC(=O)NCC(c2ccc(F)cc2)N2CCOCC2)cc1C. The summed E-state index contributed by atoms with van der Waals surface area (Å²) in [5, 5.41) is 5.55. The third-order valence-electron chi connectivity index (χ3n) is 5.41. The van der Waals surface area contributed by atoms with Crippen molar-refractivity contribution in [3.8, 4) is 0 Å². The molecular formula is C23H28FN3O3. The Balaban J connectivity index is 1.56. The summed E-state index contributed by atoms with van der Waals surface area (Å²) in [6, 6.07) is 11.7. The van der Waals surface area contributed by atoms with Gasteiger partial charge in [0.15, 0.2) is 0 Å². The molecule has 0 bridgehead atoms. The van der Waals surface area contributed by atoms with Gasteiger partial charge in [-0.15, -0.1) is 0 Å². The summed E-state index contributed by atoms with van der Waals surface area (Å²) >= 11 is 0. The Morgan fingerprint density at radius 2 is 1.73 bits per heavy atom. The van der Waals surface area contributed by atoms with Crippen LogP contribution in [-0.2, 0) is 9.53 Å². The van der Waals surface area contributed by atoms with Crippen molar-refractivity contribution < 1.29 is 18.7 Å². The van der Waals surface area contributed by atoms with Crippen LogP contribution in [0.3, 0.4) is 0 Å². The van der Waals surface area contributed by atoms with Gasteiger partial charge in [-0.05, 0) is 54.8 Å². The number of carbonyl (C=O) groups is 2. The fourth-order valence-corrected chi connectivity index (χ4v) is 3.45. The van der Waals surface area contributed by atoms with Crippen molar-refractivity contribution in [3.05, 3.63) is 70.5 Å². The fraction of sp³-hybridized carbons (Fsp3) is 0.391. The fourth-order valence-electron chi connectivity index (χ4n) is 3.45. The second kappa shape index (κ2) is 10.3. The number of ether oxygens (including phenoxy) is 1. The maximum atomic E-state index is 13.3. The van der Waals surface area contributed by atoms with Crippen molar-refractivity contribution in [3.63, 3.8) is 0 Å². The van der Waals surface area contributed by atoms with E-state index in [4.69, 9.17) is 4.74 Å². The first-order valence-electron chi connectivity index (χ1n) is 10.1. The normalized spacial score (nSPS) is 15.4. The van der Waals surface area contributed by atoms with Crippen LogP contribution in [0, 0.1) is 19.7 Å². The van der Waals surface area contributed by atoms with Crippen molar-refractivity contribution in [1.82, 2.24) is 15.5 Å². The highest BCUT2D eigenvalue weighted by Gasteiger charge is 2.23. The van der Waals surface area contributed by atoms with Gasteiger partial charge in [0, 0.05) is 25.2 Å². The number of amides is 2. The van der Waals surface area contributed by atoms with Crippen molar-refractivity contribution in [2.24, 2.45) is 0 Å². The van der Waals surface area contributed by atoms with Crippen LogP contribution in [0.4, 0.5) is 4.39 Å². The smallest absolute Gasteiger partial charge is 0.251 e. The van der Waals surface area contributed by atoms with Crippen molar-refractivity contribution in [2.75, 3.05) is 39.4 Å². The van der Waals surface area contributed by atoms with Gasteiger partial charge in [0.25, 0.3) is 5.91 Å². The quantitative estimate of drug-likeness (QED) is 0.731. The number of nitrogens with one attached hydrogen (secondary N) is 2. The van der Waals surface area contributed by atoms with E-state index in [9.17, 15) is 14.0 Å². The summed E-state index contributed by atoms with van der Waals surface area (Å²) < 4.78 is 18.7. The Hall–Kier alpha value is -2.77. The molecule has 1 fully saturated rings. The molecule has 1 heterocycles. The van der Waals surface area contributed by atoms with Gasteiger partial charge in [-0.2, -0.15) is 0 Å². The molecule has 2 amide bonds. The molecule has 0 saturated carbocycles. The number of halogens is 1. The van der Waals surface area contributed by atoms with E-state index in [1.54, 1.807) is 18.2 Å². The van der Waals surface area contributed by atoms with Crippen molar-refractivity contribution >= 4 is 11.8 Å². The highest BCUT2D eigenvalue weighted by Crippen LogP contribution is 2.21. The first-order valence-corrected chi connectivity index (χ1v) is 10.1. The monoisotopic (exact) mass is 413 g/mol. The Bertz CT molecular complexity index is 880. The average molecular weight is 413 g/mol. The lowest BCUT2D eigenvalue weighted by atomic mass is 10.0. The van der Waals surface area contributed by atoms with E-state index in [1.807, 2.05) is 26.0 Å². The Labute approximate surface area is 176 Å². The topological polar surface area (TPSA) is 70.7 Å². The lowest BCUT2D eigenvalue weighted by Gasteiger charge is -2.35. The van der Waals surface area contributed by atoms with Crippen LogP contribution in [0.5, 0.6) is 0 Å². The molecule has 0 spiro atoms. The minimum atomic E-state index is -0.294. The molecule has 1 saturated heterocycles. The lowest BCUT2D eigenvalue weighted by Crippen LogP contribution is -2.45. The first kappa shape index (κ1) is 21.9. The summed E-state index contributed by atoms with van der Waals surface area (Å²) in [6.07, 6.45) is 0. The minimum absolute atomic E-state index is 0.0890. The summed E-state index contributed by atoms with van der Waals surface area (Å²) in [4.78, 5) is 26.9. The molecule has 1 unspecified atom stereocenters.